The van der Waals surface area contributed by atoms with Gasteiger partial charge in [0.2, 0.25) is 0 Å². The van der Waals surface area contributed by atoms with Gasteiger partial charge in [0.25, 0.3) is 0 Å². The van der Waals surface area contributed by atoms with Crippen molar-refractivity contribution in [1.82, 2.24) is 4.90 Å². The minimum atomic E-state index is -0.0514. The van der Waals surface area contributed by atoms with E-state index in [1.165, 1.54) is 5.56 Å². The van der Waals surface area contributed by atoms with Gasteiger partial charge >= 0.3 is 0 Å². The van der Waals surface area contributed by atoms with Gasteiger partial charge in [-0.1, -0.05) is 37.3 Å². The van der Waals surface area contributed by atoms with Gasteiger partial charge in [-0.05, 0) is 48.2 Å². The van der Waals surface area contributed by atoms with E-state index in [-0.39, 0.29) is 5.78 Å². The largest absolute Gasteiger partial charge is 0.496 e. The number of hydrogen-bond donors (Lipinski definition) is 1. The number of allylic oxidation sites excluding steroid dienone is 1. The summed E-state index contributed by atoms with van der Waals surface area (Å²) in [6.45, 7) is 5.53. The Morgan fingerprint density at radius 2 is 1.82 bits per heavy atom. The average molecular weight is 465 g/mol. The first-order valence-corrected chi connectivity index (χ1v) is 12.0. The third kappa shape index (κ3) is 6.54. The Hall–Kier alpha value is -2.93. The fraction of sp³-hybridized carbons (Fsp3) is 0.296. The molecule has 0 unspecified atom stereocenters. The van der Waals surface area contributed by atoms with Gasteiger partial charge in [0.15, 0.2) is 5.78 Å². The normalized spacial score (nSPS) is 11.3. The smallest absolute Gasteiger partial charge is 0.185 e. The highest BCUT2D eigenvalue weighted by Crippen LogP contribution is 2.38. The Bertz CT molecular complexity index is 1050. The summed E-state index contributed by atoms with van der Waals surface area (Å²) in [5.41, 5.74) is 9.35. The Labute approximate surface area is 200 Å². The van der Waals surface area contributed by atoms with Crippen molar-refractivity contribution in [3.8, 4) is 21.9 Å². The minimum absolute atomic E-state index is 0.0514. The van der Waals surface area contributed by atoms with E-state index in [0.29, 0.717) is 17.9 Å². The van der Waals surface area contributed by atoms with Crippen molar-refractivity contribution in [2.75, 3.05) is 33.9 Å². The Kier molecular flexibility index (Phi) is 9.24. The van der Waals surface area contributed by atoms with E-state index in [0.717, 1.165) is 47.8 Å². The van der Waals surface area contributed by atoms with Crippen LogP contribution in [0.25, 0.3) is 16.5 Å². The lowest BCUT2D eigenvalue weighted by atomic mass is 10.0. The molecule has 0 aliphatic rings. The SMILES string of the molecule is CCCN(CCN)Cc1ccc(C(=O)/C=C/c2cc(-c3cccs3)c(OC)cc2OC)cc1. The number of carbonyl (C=O) groups is 1. The number of nitrogens with two attached hydrogens (primary N) is 1. The van der Waals surface area contributed by atoms with E-state index < -0.39 is 0 Å². The number of hydrogen-bond acceptors (Lipinski definition) is 6. The van der Waals surface area contributed by atoms with Crippen molar-refractivity contribution in [2.45, 2.75) is 19.9 Å². The molecule has 2 N–H and O–H groups in total. The zero-order chi connectivity index (χ0) is 23.6. The fourth-order valence-electron chi connectivity index (χ4n) is 3.74. The first kappa shape index (κ1) is 24.7. The predicted molar refractivity (Wildman–Crippen MR) is 137 cm³/mol. The molecule has 3 rings (SSSR count). The van der Waals surface area contributed by atoms with E-state index in [1.807, 2.05) is 53.9 Å². The van der Waals surface area contributed by atoms with Gasteiger partial charge in [0.1, 0.15) is 11.5 Å². The maximum atomic E-state index is 12.8. The number of rotatable bonds is 12. The summed E-state index contributed by atoms with van der Waals surface area (Å²) >= 11 is 1.64. The van der Waals surface area contributed by atoms with Crippen molar-refractivity contribution in [3.05, 3.63) is 76.7 Å². The molecular weight excluding hydrogens is 432 g/mol. The van der Waals surface area contributed by atoms with Gasteiger partial charge in [-0.2, -0.15) is 0 Å². The van der Waals surface area contributed by atoms with Crippen LogP contribution in [0, 0.1) is 0 Å². The van der Waals surface area contributed by atoms with Crippen LogP contribution in [0.2, 0.25) is 0 Å². The lowest BCUT2D eigenvalue weighted by molar-refractivity contribution is 0.104. The van der Waals surface area contributed by atoms with Crippen molar-refractivity contribution in [3.63, 3.8) is 0 Å². The molecule has 0 bridgehead atoms. The van der Waals surface area contributed by atoms with Gasteiger partial charge in [-0.25, -0.2) is 0 Å². The molecular formula is C27H32N2O3S. The van der Waals surface area contributed by atoms with E-state index in [1.54, 1.807) is 37.7 Å². The molecule has 1 aromatic heterocycles. The van der Waals surface area contributed by atoms with Crippen LogP contribution in [0.1, 0.15) is 34.8 Å². The third-order valence-corrected chi connectivity index (χ3v) is 6.29. The molecule has 6 heteroatoms. The second-order valence-electron chi connectivity index (χ2n) is 7.73. The van der Waals surface area contributed by atoms with E-state index in [4.69, 9.17) is 15.2 Å². The molecule has 2 aromatic carbocycles. The van der Waals surface area contributed by atoms with Gasteiger partial charge in [-0.15, -0.1) is 11.3 Å². The van der Waals surface area contributed by atoms with Crippen LogP contribution in [0.15, 0.2) is 60.0 Å². The van der Waals surface area contributed by atoms with Crippen LogP contribution >= 0.6 is 11.3 Å². The zero-order valence-corrected chi connectivity index (χ0v) is 20.4. The second kappa shape index (κ2) is 12.3. The molecule has 33 heavy (non-hydrogen) atoms. The summed E-state index contributed by atoms with van der Waals surface area (Å²) in [6.07, 6.45) is 4.48. The molecule has 0 radical (unpaired) electrons. The maximum Gasteiger partial charge on any atom is 0.185 e. The Morgan fingerprint density at radius 3 is 2.42 bits per heavy atom. The molecule has 0 saturated heterocycles. The molecule has 5 nitrogen and oxygen atoms in total. The van der Waals surface area contributed by atoms with Crippen LogP contribution in [-0.2, 0) is 6.54 Å². The number of nitrogens with zero attached hydrogens (tertiary/aromatic N) is 1. The Balaban J connectivity index is 1.78. The lowest BCUT2D eigenvalue weighted by Crippen LogP contribution is -2.29. The number of methoxy groups -OCH3 is 2. The minimum Gasteiger partial charge on any atom is -0.496 e. The molecule has 0 aliphatic heterocycles. The van der Waals surface area contributed by atoms with Gasteiger partial charge in [0, 0.05) is 47.3 Å². The number of ketones is 1. The summed E-state index contributed by atoms with van der Waals surface area (Å²) in [5, 5.41) is 2.03. The van der Waals surface area contributed by atoms with Crippen molar-refractivity contribution in [1.29, 1.82) is 0 Å². The molecule has 0 aliphatic carbocycles. The first-order chi connectivity index (χ1) is 16.1. The summed E-state index contributed by atoms with van der Waals surface area (Å²) in [6, 6.07) is 15.7. The van der Waals surface area contributed by atoms with E-state index in [2.05, 4.69) is 11.8 Å². The molecule has 0 amide bonds. The molecule has 0 atom stereocenters. The van der Waals surface area contributed by atoms with Crippen LogP contribution in [0.4, 0.5) is 0 Å². The number of thiophene rings is 1. The summed E-state index contributed by atoms with van der Waals surface area (Å²) < 4.78 is 11.1. The molecule has 3 aromatic rings. The monoisotopic (exact) mass is 464 g/mol. The molecule has 1 heterocycles. The second-order valence-corrected chi connectivity index (χ2v) is 8.68. The molecule has 0 spiro atoms. The maximum absolute atomic E-state index is 12.8. The van der Waals surface area contributed by atoms with Crippen molar-refractivity contribution < 1.29 is 14.3 Å². The highest BCUT2D eigenvalue weighted by Gasteiger charge is 2.13. The number of carbonyl (C=O) groups excluding carboxylic acids is 1. The van der Waals surface area contributed by atoms with Crippen LogP contribution in [0.5, 0.6) is 11.5 Å². The van der Waals surface area contributed by atoms with Crippen LogP contribution in [0.3, 0.4) is 0 Å². The van der Waals surface area contributed by atoms with E-state index >= 15 is 0 Å². The highest BCUT2D eigenvalue weighted by atomic mass is 32.1. The summed E-state index contributed by atoms with van der Waals surface area (Å²) in [4.78, 5) is 16.2. The fourth-order valence-corrected chi connectivity index (χ4v) is 4.49. The summed E-state index contributed by atoms with van der Waals surface area (Å²) in [7, 11) is 3.26. The number of ether oxygens (including phenoxy) is 2. The quantitative estimate of drug-likeness (QED) is 0.283. The molecule has 0 saturated carbocycles. The highest BCUT2D eigenvalue weighted by molar-refractivity contribution is 7.13. The average Bonchev–Trinajstić information content (AvgIpc) is 3.37. The van der Waals surface area contributed by atoms with Gasteiger partial charge < -0.3 is 15.2 Å². The Morgan fingerprint density at radius 1 is 1.06 bits per heavy atom. The third-order valence-electron chi connectivity index (χ3n) is 5.38. The topological polar surface area (TPSA) is 64.8 Å². The molecule has 0 fully saturated rings. The number of benzene rings is 2. The summed E-state index contributed by atoms with van der Waals surface area (Å²) in [5.74, 6) is 1.34. The first-order valence-electron chi connectivity index (χ1n) is 11.1. The van der Waals surface area contributed by atoms with Gasteiger partial charge in [-0.3, -0.25) is 9.69 Å². The van der Waals surface area contributed by atoms with Gasteiger partial charge in [0.05, 0.1) is 14.2 Å². The van der Waals surface area contributed by atoms with Crippen molar-refractivity contribution in [2.24, 2.45) is 5.73 Å². The van der Waals surface area contributed by atoms with Crippen molar-refractivity contribution >= 4 is 23.2 Å². The standard InChI is InChI=1S/C27H32N2O3S/c1-4-14-29(15-13-28)19-20-7-9-21(10-8-20)24(30)12-11-22-17-23(27-6-5-16-33-27)26(32-3)18-25(22)31-2/h5-12,16-18H,4,13-15,19,28H2,1-3H3/b12-11+. The van der Waals surface area contributed by atoms with Crippen LogP contribution < -0.4 is 15.2 Å². The molecule has 174 valence electrons. The lowest BCUT2D eigenvalue weighted by Gasteiger charge is -2.20. The predicted octanol–water partition coefficient (Wildman–Crippen LogP) is 5.50. The van der Waals surface area contributed by atoms with Crippen LogP contribution in [-0.4, -0.2) is 44.5 Å². The zero-order valence-electron chi connectivity index (χ0n) is 19.5. The van der Waals surface area contributed by atoms with E-state index in [9.17, 15) is 4.79 Å².